The summed E-state index contributed by atoms with van der Waals surface area (Å²) in [6.07, 6.45) is 0. The molecule has 1 aromatic rings. The van der Waals surface area contributed by atoms with E-state index in [2.05, 4.69) is 4.72 Å². The maximum absolute atomic E-state index is 12.1. The molecule has 0 aliphatic carbocycles. The van der Waals surface area contributed by atoms with Gasteiger partial charge in [-0.25, -0.2) is 13.1 Å². The zero-order valence-electron chi connectivity index (χ0n) is 11.1. The van der Waals surface area contributed by atoms with E-state index in [1.807, 2.05) is 13.8 Å². The fraction of sp³-hybridized carbons (Fsp3) is 0.462. The molecule has 1 aromatic carbocycles. The molecule has 0 unspecified atom stereocenters. The second-order valence-electron chi connectivity index (χ2n) is 4.78. The molecule has 1 rings (SSSR count). The number of aryl methyl sites for hydroxylation is 1. The van der Waals surface area contributed by atoms with E-state index in [0.717, 1.165) is 0 Å². The number of Topliss-reactive ketones (excluding diaryl/α,β-unsaturated/α-hetero) is 1. The van der Waals surface area contributed by atoms with Crippen LogP contribution in [0.1, 0.15) is 36.7 Å². The summed E-state index contributed by atoms with van der Waals surface area (Å²) in [5.74, 6) is 0.0892. The quantitative estimate of drug-likeness (QED) is 0.833. The standard InChI is InChI=1S/C13H19NO3S/c1-9(2)8-14-18(16,17)13-7-12(11(4)15)6-5-10(13)3/h5-7,9,14H,8H2,1-4H3. The average Bonchev–Trinajstić information content (AvgIpc) is 2.26. The summed E-state index contributed by atoms with van der Waals surface area (Å²) in [5.41, 5.74) is 1.04. The number of nitrogens with one attached hydrogen (secondary N) is 1. The number of sulfonamides is 1. The number of ketones is 1. The Balaban J connectivity index is 3.15. The Labute approximate surface area is 108 Å². The smallest absolute Gasteiger partial charge is 0.240 e. The topological polar surface area (TPSA) is 63.2 Å². The van der Waals surface area contributed by atoms with Crippen molar-refractivity contribution in [3.05, 3.63) is 29.3 Å². The first-order chi connectivity index (χ1) is 8.24. The monoisotopic (exact) mass is 269 g/mol. The largest absolute Gasteiger partial charge is 0.295 e. The van der Waals surface area contributed by atoms with Gasteiger partial charge in [0.15, 0.2) is 5.78 Å². The van der Waals surface area contributed by atoms with Gasteiger partial charge in [0.05, 0.1) is 4.90 Å². The molecular formula is C13H19NO3S. The summed E-state index contributed by atoms with van der Waals surface area (Å²) < 4.78 is 26.8. The highest BCUT2D eigenvalue weighted by molar-refractivity contribution is 7.89. The van der Waals surface area contributed by atoms with Crippen molar-refractivity contribution in [1.82, 2.24) is 4.72 Å². The zero-order valence-corrected chi connectivity index (χ0v) is 12.0. The Morgan fingerprint density at radius 1 is 1.33 bits per heavy atom. The first-order valence-electron chi connectivity index (χ1n) is 5.85. The van der Waals surface area contributed by atoms with Gasteiger partial charge in [0.2, 0.25) is 10.0 Å². The minimum absolute atomic E-state index is 0.143. The molecule has 0 aromatic heterocycles. The van der Waals surface area contributed by atoms with Crippen LogP contribution in [0.15, 0.2) is 23.1 Å². The van der Waals surface area contributed by atoms with Crippen LogP contribution in [0, 0.1) is 12.8 Å². The highest BCUT2D eigenvalue weighted by Crippen LogP contribution is 2.17. The van der Waals surface area contributed by atoms with Crippen molar-refractivity contribution < 1.29 is 13.2 Å². The summed E-state index contributed by atoms with van der Waals surface area (Å²) in [6, 6.07) is 4.72. The molecule has 0 atom stereocenters. The fourth-order valence-electron chi connectivity index (χ4n) is 1.46. The van der Waals surface area contributed by atoms with Gasteiger partial charge < -0.3 is 0 Å². The average molecular weight is 269 g/mol. The van der Waals surface area contributed by atoms with Gasteiger partial charge in [-0.3, -0.25) is 4.79 Å². The van der Waals surface area contributed by atoms with Crippen LogP contribution >= 0.6 is 0 Å². The third-order valence-corrected chi connectivity index (χ3v) is 4.13. The highest BCUT2D eigenvalue weighted by Gasteiger charge is 2.18. The van der Waals surface area contributed by atoms with Crippen molar-refractivity contribution in [2.24, 2.45) is 5.92 Å². The molecule has 0 heterocycles. The SMILES string of the molecule is CC(=O)c1ccc(C)c(S(=O)(=O)NCC(C)C)c1. The summed E-state index contributed by atoms with van der Waals surface area (Å²) in [6.45, 7) is 7.38. The second kappa shape index (κ2) is 5.63. The van der Waals surface area contributed by atoms with Crippen LogP contribution in [-0.2, 0) is 10.0 Å². The van der Waals surface area contributed by atoms with Crippen LogP contribution in [0.3, 0.4) is 0 Å². The molecule has 0 fully saturated rings. The summed E-state index contributed by atoms with van der Waals surface area (Å²) in [4.78, 5) is 11.5. The minimum Gasteiger partial charge on any atom is -0.295 e. The lowest BCUT2D eigenvalue weighted by Crippen LogP contribution is -2.28. The van der Waals surface area contributed by atoms with E-state index < -0.39 is 10.0 Å². The number of carbonyl (C=O) groups is 1. The molecule has 4 nitrogen and oxygen atoms in total. The Bertz CT molecular complexity index is 547. The Morgan fingerprint density at radius 3 is 2.44 bits per heavy atom. The Hall–Kier alpha value is -1.20. The first kappa shape index (κ1) is 14.9. The number of hydrogen-bond acceptors (Lipinski definition) is 3. The number of benzene rings is 1. The van der Waals surface area contributed by atoms with Gasteiger partial charge in [-0.1, -0.05) is 26.0 Å². The number of hydrogen-bond donors (Lipinski definition) is 1. The summed E-state index contributed by atoms with van der Waals surface area (Å²) in [5, 5.41) is 0. The molecule has 18 heavy (non-hydrogen) atoms. The third kappa shape index (κ3) is 3.65. The Morgan fingerprint density at radius 2 is 1.94 bits per heavy atom. The van der Waals surface area contributed by atoms with Crippen LogP contribution in [0.25, 0.3) is 0 Å². The van der Waals surface area contributed by atoms with Crippen LogP contribution in [-0.4, -0.2) is 20.7 Å². The Kier molecular flexibility index (Phi) is 4.65. The van der Waals surface area contributed by atoms with Gasteiger partial charge in [-0.05, 0) is 31.4 Å². The molecule has 5 heteroatoms. The highest BCUT2D eigenvalue weighted by atomic mass is 32.2. The minimum atomic E-state index is -3.54. The van der Waals surface area contributed by atoms with E-state index in [1.54, 1.807) is 19.1 Å². The van der Waals surface area contributed by atoms with Crippen molar-refractivity contribution in [2.75, 3.05) is 6.54 Å². The van der Waals surface area contributed by atoms with E-state index in [1.165, 1.54) is 13.0 Å². The van der Waals surface area contributed by atoms with Crippen LogP contribution in [0.2, 0.25) is 0 Å². The molecule has 0 aliphatic rings. The summed E-state index contributed by atoms with van der Waals surface area (Å²) >= 11 is 0. The van der Waals surface area contributed by atoms with Crippen LogP contribution in [0.4, 0.5) is 0 Å². The molecule has 1 N–H and O–H groups in total. The predicted octanol–water partition coefficient (Wildman–Crippen LogP) is 2.13. The summed E-state index contributed by atoms with van der Waals surface area (Å²) in [7, 11) is -3.54. The van der Waals surface area contributed by atoms with Crippen molar-refractivity contribution in [3.63, 3.8) is 0 Å². The van der Waals surface area contributed by atoms with E-state index >= 15 is 0 Å². The molecule has 0 radical (unpaired) electrons. The molecule has 0 saturated heterocycles. The van der Waals surface area contributed by atoms with Gasteiger partial charge in [0, 0.05) is 12.1 Å². The van der Waals surface area contributed by atoms with Crippen LogP contribution < -0.4 is 4.72 Å². The third-order valence-electron chi connectivity index (χ3n) is 2.57. The van der Waals surface area contributed by atoms with Gasteiger partial charge in [0.1, 0.15) is 0 Å². The molecular weight excluding hydrogens is 250 g/mol. The second-order valence-corrected chi connectivity index (χ2v) is 6.52. The van der Waals surface area contributed by atoms with E-state index in [4.69, 9.17) is 0 Å². The molecule has 100 valence electrons. The van der Waals surface area contributed by atoms with Gasteiger partial charge in [-0.2, -0.15) is 0 Å². The number of carbonyl (C=O) groups excluding carboxylic acids is 1. The fourth-order valence-corrected chi connectivity index (χ4v) is 2.95. The van der Waals surface area contributed by atoms with E-state index in [-0.39, 0.29) is 16.6 Å². The van der Waals surface area contributed by atoms with Crippen LogP contribution in [0.5, 0.6) is 0 Å². The zero-order chi connectivity index (χ0) is 13.9. The van der Waals surface area contributed by atoms with Gasteiger partial charge >= 0.3 is 0 Å². The number of rotatable bonds is 5. The molecule has 0 spiro atoms. The normalized spacial score (nSPS) is 11.8. The lowest BCUT2D eigenvalue weighted by Gasteiger charge is -2.11. The van der Waals surface area contributed by atoms with E-state index in [0.29, 0.717) is 17.7 Å². The maximum Gasteiger partial charge on any atom is 0.240 e. The first-order valence-corrected chi connectivity index (χ1v) is 7.33. The molecule has 0 amide bonds. The van der Waals surface area contributed by atoms with Crippen molar-refractivity contribution in [2.45, 2.75) is 32.6 Å². The van der Waals surface area contributed by atoms with Crippen molar-refractivity contribution in [3.8, 4) is 0 Å². The molecule has 0 bridgehead atoms. The van der Waals surface area contributed by atoms with Crippen molar-refractivity contribution >= 4 is 15.8 Å². The predicted molar refractivity (Wildman–Crippen MR) is 71.2 cm³/mol. The van der Waals surface area contributed by atoms with E-state index in [9.17, 15) is 13.2 Å². The molecule has 0 aliphatic heterocycles. The maximum atomic E-state index is 12.1. The molecule has 0 saturated carbocycles. The van der Waals surface area contributed by atoms with Crippen molar-refractivity contribution in [1.29, 1.82) is 0 Å². The van der Waals surface area contributed by atoms with Gasteiger partial charge in [0.25, 0.3) is 0 Å². The lowest BCUT2D eigenvalue weighted by atomic mass is 10.1. The lowest BCUT2D eigenvalue weighted by molar-refractivity contribution is 0.101. The van der Waals surface area contributed by atoms with Gasteiger partial charge in [-0.15, -0.1) is 0 Å².